The summed E-state index contributed by atoms with van der Waals surface area (Å²) >= 11 is 0. The first kappa shape index (κ1) is 14.9. The quantitative estimate of drug-likeness (QED) is 0.835. The van der Waals surface area contributed by atoms with E-state index in [-0.39, 0.29) is 5.41 Å². The molecule has 0 saturated carbocycles. The zero-order chi connectivity index (χ0) is 14.4. The molecule has 1 aromatic carbocycles. The van der Waals surface area contributed by atoms with Gasteiger partial charge in [-0.15, -0.1) is 0 Å². The van der Waals surface area contributed by atoms with Crippen LogP contribution in [0.3, 0.4) is 0 Å². The summed E-state index contributed by atoms with van der Waals surface area (Å²) in [6, 6.07) is 11.0. The molecule has 0 fully saturated rings. The van der Waals surface area contributed by atoms with Crippen molar-refractivity contribution in [3.8, 4) is 6.07 Å². The highest BCUT2D eigenvalue weighted by molar-refractivity contribution is 5.54. The molecular formula is C17H25N3. The van der Waals surface area contributed by atoms with Crippen LogP contribution in [0, 0.1) is 16.7 Å². The van der Waals surface area contributed by atoms with Gasteiger partial charge < -0.3 is 10.2 Å². The van der Waals surface area contributed by atoms with Crippen LogP contribution in [0.2, 0.25) is 0 Å². The van der Waals surface area contributed by atoms with Crippen LogP contribution in [-0.4, -0.2) is 19.6 Å². The molecule has 1 aliphatic rings. The van der Waals surface area contributed by atoms with Gasteiger partial charge in [-0.25, -0.2) is 0 Å². The van der Waals surface area contributed by atoms with Crippen molar-refractivity contribution < 1.29 is 0 Å². The van der Waals surface area contributed by atoms with Crippen LogP contribution in [0.5, 0.6) is 0 Å². The third kappa shape index (κ3) is 3.98. The maximum atomic E-state index is 9.04. The molecule has 1 heterocycles. The molecule has 0 atom stereocenters. The number of unbranched alkanes of at least 4 members (excludes halogenated alkanes) is 1. The van der Waals surface area contributed by atoms with E-state index >= 15 is 0 Å². The Morgan fingerprint density at radius 1 is 1.30 bits per heavy atom. The maximum absolute atomic E-state index is 9.04. The number of rotatable bonds is 5. The lowest BCUT2D eigenvalue weighted by Gasteiger charge is -2.25. The van der Waals surface area contributed by atoms with Gasteiger partial charge in [0, 0.05) is 31.9 Å². The van der Waals surface area contributed by atoms with Crippen LogP contribution < -0.4 is 10.2 Å². The highest BCUT2D eigenvalue weighted by atomic mass is 15.2. The molecular weight excluding hydrogens is 246 g/mol. The first-order chi connectivity index (χ1) is 9.62. The van der Waals surface area contributed by atoms with Gasteiger partial charge in [-0.2, -0.15) is 5.26 Å². The number of hydrogen-bond acceptors (Lipinski definition) is 3. The van der Waals surface area contributed by atoms with Gasteiger partial charge in [0.15, 0.2) is 0 Å². The van der Waals surface area contributed by atoms with Gasteiger partial charge in [0.2, 0.25) is 0 Å². The molecule has 3 heteroatoms. The molecule has 0 radical (unpaired) electrons. The number of fused-ring (bicyclic) bond motifs is 1. The number of hydrogen-bond donors (Lipinski definition) is 1. The lowest BCUT2D eigenvalue weighted by Crippen LogP contribution is -2.29. The Balaban J connectivity index is 1.89. The van der Waals surface area contributed by atoms with E-state index in [1.54, 1.807) is 0 Å². The molecule has 2 rings (SSSR count). The highest BCUT2D eigenvalue weighted by Crippen LogP contribution is 2.24. The standard InChI is InChI=1S/C17H25N3/c1-17(2,14-18)9-5-6-11-20-12-10-19-13-15-7-3-4-8-16(15)20/h3-4,7-8,19H,5-6,9-13H2,1-2H3. The second-order valence-electron chi connectivity index (χ2n) is 6.25. The molecule has 0 aliphatic carbocycles. The van der Waals surface area contributed by atoms with E-state index in [2.05, 4.69) is 40.6 Å². The molecule has 1 N–H and O–H groups in total. The Morgan fingerprint density at radius 2 is 2.10 bits per heavy atom. The SMILES string of the molecule is CC(C)(C#N)CCCCN1CCNCc2ccccc21. The zero-order valence-corrected chi connectivity index (χ0v) is 12.7. The molecule has 0 spiro atoms. The zero-order valence-electron chi connectivity index (χ0n) is 12.7. The van der Waals surface area contributed by atoms with Crippen molar-refractivity contribution in [3.05, 3.63) is 29.8 Å². The van der Waals surface area contributed by atoms with Gasteiger partial charge in [-0.1, -0.05) is 24.6 Å². The number of nitriles is 1. The minimum Gasteiger partial charge on any atom is -0.370 e. The smallest absolute Gasteiger partial charge is 0.0683 e. The van der Waals surface area contributed by atoms with Crippen molar-refractivity contribution >= 4 is 5.69 Å². The minimum atomic E-state index is -0.182. The van der Waals surface area contributed by atoms with Crippen LogP contribution in [0.25, 0.3) is 0 Å². The van der Waals surface area contributed by atoms with Crippen LogP contribution in [0.1, 0.15) is 38.7 Å². The van der Waals surface area contributed by atoms with E-state index in [4.69, 9.17) is 5.26 Å². The van der Waals surface area contributed by atoms with E-state index in [0.717, 1.165) is 45.4 Å². The molecule has 1 aliphatic heterocycles. The lowest BCUT2D eigenvalue weighted by atomic mass is 9.89. The number of nitrogens with zero attached hydrogens (tertiary/aromatic N) is 2. The van der Waals surface area contributed by atoms with Crippen molar-refractivity contribution in [2.45, 2.75) is 39.7 Å². The van der Waals surface area contributed by atoms with E-state index in [1.165, 1.54) is 11.3 Å². The average molecular weight is 271 g/mol. The summed E-state index contributed by atoms with van der Waals surface area (Å²) in [5.41, 5.74) is 2.58. The first-order valence-corrected chi connectivity index (χ1v) is 7.57. The van der Waals surface area contributed by atoms with Gasteiger partial charge in [0.05, 0.1) is 11.5 Å². The normalized spacial score (nSPS) is 15.3. The summed E-state index contributed by atoms with van der Waals surface area (Å²) in [6.45, 7) is 8.21. The summed E-state index contributed by atoms with van der Waals surface area (Å²) in [5, 5.41) is 12.5. The summed E-state index contributed by atoms with van der Waals surface area (Å²) < 4.78 is 0. The fourth-order valence-corrected chi connectivity index (χ4v) is 2.68. The maximum Gasteiger partial charge on any atom is 0.0683 e. The van der Waals surface area contributed by atoms with Crippen molar-refractivity contribution in [2.24, 2.45) is 5.41 Å². The summed E-state index contributed by atoms with van der Waals surface area (Å²) in [4.78, 5) is 2.48. The summed E-state index contributed by atoms with van der Waals surface area (Å²) in [5.74, 6) is 0. The fraction of sp³-hybridized carbons (Fsp3) is 0.588. The number of nitrogens with one attached hydrogen (secondary N) is 1. The van der Waals surface area contributed by atoms with Gasteiger partial charge in [-0.3, -0.25) is 0 Å². The van der Waals surface area contributed by atoms with Gasteiger partial charge in [0.25, 0.3) is 0 Å². The molecule has 0 bridgehead atoms. The summed E-state index contributed by atoms with van der Waals surface area (Å²) in [7, 11) is 0. The summed E-state index contributed by atoms with van der Waals surface area (Å²) in [6.07, 6.45) is 3.25. The van der Waals surface area contributed by atoms with Crippen LogP contribution >= 0.6 is 0 Å². The van der Waals surface area contributed by atoms with Gasteiger partial charge in [-0.05, 0) is 38.3 Å². The third-order valence-electron chi connectivity index (χ3n) is 3.99. The molecule has 0 aromatic heterocycles. The second-order valence-corrected chi connectivity index (χ2v) is 6.25. The molecule has 3 nitrogen and oxygen atoms in total. The van der Waals surface area contributed by atoms with E-state index in [1.807, 2.05) is 13.8 Å². The van der Waals surface area contributed by atoms with E-state index in [0.29, 0.717) is 0 Å². The number of para-hydroxylation sites is 1. The van der Waals surface area contributed by atoms with Crippen LogP contribution in [0.4, 0.5) is 5.69 Å². The molecule has 108 valence electrons. The molecule has 0 unspecified atom stereocenters. The monoisotopic (exact) mass is 271 g/mol. The fourth-order valence-electron chi connectivity index (χ4n) is 2.68. The highest BCUT2D eigenvalue weighted by Gasteiger charge is 2.17. The van der Waals surface area contributed by atoms with Crippen molar-refractivity contribution in [3.63, 3.8) is 0 Å². The molecule has 1 aromatic rings. The van der Waals surface area contributed by atoms with Gasteiger partial charge >= 0.3 is 0 Å². The minimum absolute atomic E-state index is 0.182. The van der Waals surface area contributed by atoms with Crippen LogP contribution in [0.15, 0.2) is 24.3 Å². The van der Waals surface area contributed by atoms with E-state index in [9.17, 15) is 0 Å². The Hall–Kier alpha value is -1.53. The largest absolute Gasteiger partial charge is 0.370 e. The Kier molecular flexibility index (Phi) is 5.03. The average Bonchev–Trinajstić information content (AvgIpc) is 2.66. The Labute approximate surface area is 122 Å². The van der Waals surface area contributed by atoms with Crippen molar-refractivity contribution in [2.75, 3.05) is 24.5 Å². The lowest BCUT2D eigenvalue weighted by molar-refractivity contribution is 0.426. The Bertz CT molecular complexity index is 473. The molecule has 0 amide bonds. The van der Waals surface area contributed by atoms with E-state index < -0.39 is 0 Å². The van der Waals surface area contributed by atoms with Crippen molar-refractivity contribution in [1.82, 2.24) is 5.32 Å². The molecule has 0 saturated heterocycles. The molecule has 20 heavy (non-hydrogen) atoms. The second kappa shape index (κ2) is 6.76. The first-order valence-electron chi connectivity index (χ1n) is 7.57. The number of benzene rings is 1. The third-order valence-corrected chi connectivity index (χ3v) is 3.99. The predicted octanol–water partition coefficient (Wildman–Crippen LogP) is 3.32. The topological polar surface area (TPSA) is 39.1 Å². The predicted molar refractivity (Wildman–Crippen MR) is 83.6 cm³/mol. The van der Waals surface area contributed by atoms with Crippen molar-refractivity contribution in [1.29, 1.82) is 5.26 Å². The van der Waals surface area contributed by atoms with Gasteiger partial charge in [0.1, 0.15) is 0 Å². The number of anilines is 1. The van der Waals surface area contributed by atoms with Crippen LogP contribution in [-0.2, 0) is 6.54 Å². The Morgan fingerprint density at radius 3 is 2.90 bits per heavy atom.